The Morgan fingerprint density at radius 2 is 1.40 bits per heavy atom. The van der Waals surface area contributed by atoms with E-state index in [0.717, 1.165) is 0 Å². The van der Waals surface area contributed by atoms with Gasteiger partial charge in [-0.1, -0.05) is 31.4 Å². The smallest absolute Gasteiger partial charge is 0.338 e. The van der Waals surface area contributed by atoms with Gasteiger partial charge in [-0.05, 0) is 49.2 Å². The van der Waals surface area contributed by atoms with E-state index in [-0.39, 0.29) is 35.7 Å². The standard InChI is InChI=1S/C23H21FO6/c1-14(2)21(25)28-11-12-29-23(27)17-7-5-16(6-8-17)18-9-10-20(19(24)13-18)30-22(26)15(3)4/h5-10,13H,1,3,11-12H2,2,4H3. The second-order valence-electron chi connectivity index (χ2n) is 6.44. The molecule has 0 bridgehead atoms. The highest BCUT2D eigenvalue weighted by atomic mass is 19.1. The molecule has 0 amide bonds. The molecule has 0 aliphatic heterocycles. The van der Waals surface area contributed by atoms with Gasteiger partial charge in [0.15, 0.2) is 11.6 Å². The first-order chi connectivity index (χ1) is 14.2. The topological polar surface area (TPSA) is 78.9 Å². The molecule has 2 rings (SSSR count). The Balaban J connectivity index is 1.98. The first-order valence-corrected chi connectivity index (χ1v) is 8.96. The molecule has 0 saturated carbocycles. The van der Waals surface area contributed by atoms with E-state index in [1.807, 2.05) is 0 Å². The van der Waals surface area contributed by atoms with Crippen molar-refractivity contribution in [2.24, 2.45) is 0 Å². The number of hydrogen-bond donors (Lipinski definition) is 0. The fourth-order valence-electron chi connectivity index (χ4n) is 2.22. The summed E-state index contributed by atoms with van der Waals surface area (Å²) in [6.07, 6.45) is 0. The van der Waals surface area contributed by atoms with E-state index in [4.69, 9.17) is 14.2 Å². The lowest BCUT2D eigenvalue weighted by Crippen LogP contribution is -2.14. The van der Waals surface area contributed by atoms with E-state index < -0.39 is 23.7 Å². The number of rotatable bonds is 8. The van der Waals surface area contributed by atoms with Gasteiger partial charge < -0.3 is 14.2 Å². The molecule has 0 N–H and O–H groups in total. The maximum atomic E-state index is 14.2. The van der Waals surface area contributed by atoms with Gasteiger partial charge in [-0.3, -0.25) is 0 Å². The quantitative estimate of drug-likeness (QED) is 0.279. The maximum absolute atomic E-state index is 14.2. The van der Waals surface area contributed by atoms with E-state index in [0.29, 0.717) is 11.1 Å². The summed E-state index contributed by atoms with van der Waals surface area (Å²) in [5, 5.41) is 0. The van der Waals surface area contributed by atoms with Crippen LogP contribution in [0.1, 0.15) is 24.2 Å². The first-order valence-electron chi connectivity index (χ1n) is 8.96. The van der Waals surface area contributed by atoms with Gasteiger partial charge in [0.25, 0.3) is 0 Å². The minimum absolute atomic E-state index is 0.0723. The second kappa shape index (κ2) is 10.2. The number of hydrogen-bond acceptors (Lipinski definition) is 6. The molecule has 0 aromatic heterocycles. The van der Waals surface area contributed by atoms with Crippen molar-refractivity contribution in [3.05, 3.63) is 78.1 Å². The normalized spacial score (nSPS) is 10.1. The predicted molar refractivity (Wildman–Crippen MR) is 108 cm³/mol. The summed E-state index contributed by atoms with van der Waals surface area (Å²) >= 11 is 0. The Bertz CT molecular complexity index is 991. The highest BCUT2D eigenvalue weighted by Gasteiger charge is 2.13. The lowest BCUT2D eigenvalue weighted by atomic mass is 10.0. The van der Waals surface area contributed by atoms with Crippen LogP contribution in [-0.2, 0) is 19.1 Å². The summed E-state index contributed by atoms with van der Waals surface area (Å²) in [5.41, 5.74) is 1.90. The van der Waals surface area contributed by atoms with Crippen molar-refractivity contribution < 1.29 is 33.0 Å². The first kappa shape index (κ1) is 22.5. The molecule has 7 heteroatoms. The van der Waals surface area contributed by atoms with Gasteiger partial charge in [0.05, 0.1) is 5.56 Å². The lowest BCUT2D eigenvalue weighted by Gasteiger charge is -2.09. The van der Waals surface area contributed by atoms with Gasteiger partial charge in [-0.2, -0.15) is 0 Å². The van der Waals surface area contributed by atoms with Crippen LogP contribution in [-0.4, -0.2) is 31.1 Å². The van der Waals surface area contributed by atoms with Crippen LogP contribution in [0.25, 0.3) is 11.1 Å². The van der Waals surface area contributed by atoms with Crippen LogP contribution in [0.3, 0.4) is 0 Å². The van der Waals surface area contributed by atoms with Crippen molar-refractivity contribution in [1.82, 2.24) is 0 Å². The number of halogens is 1. The molecule has 156 valence electrons. The van der Waals surface area contributed by atoms with Gasteiger partial charge in [0.1, 0.15) is 13.2 Å². The van der Waals surface area contributed by atoms with E-state index in [1.54, 1.807) is 18.2 Å². The SMILES string of the molecule is C=C(C)C(=O)OCCOC(=O)c1ccc(-c2ccc(OC(=O)C(=C)C)c(F)c2)cc1. The Morgan fingerprint density at radius 1 is 0.833 bits per heavy atom. The molecule has 2 aromatic carbocycles. The number of ether oxygens (including phenoxy) is 3. The van der Waals surface area contributed by atoms with Crippen molar-refractivity contribution in [2.75, 3.05) is 13.2 Å². The average molecular weight is 412 g/mol. The van der Waals surface area contributed by atoms with Crippen molar-refractivity contribution in [2.45, 2.75) is 13.8 Å². The Kier molecular flexibility index (Phi) is 7.63. The van der Waals surface area contributed by atoms with Crippen LogP contribution in [0.4, 0.5) is 4.39 Å². The molecule has 0 heterocycles. The van der Waals surface area contributed by atoms with Crippen LogP contribution in [0.2, 0.25) is 0 Å². The Morgan fingerprint density at radius 3 is 1.97 bits per heavy atom. The fourth-order valence-corrected chi connectivity index (χ4v) is 2.22. The molecular weight excluding hydrogens is 391 g/mol. The molecule has 0 unspecified atom stereocenters. The molecular formula is C23H21FO6. The largest absolute Gasteiger partial charge is 0.459 e. The third kappa shape index (κ3) is 6.13. The number of esters is 3. The van der Waals surface area contributed by atoms with Gasteiger partial charge in [0.2, 0.25) is 0 Å². The van der Waals surface area contributed by atoms with E-state index in [9.17, 15) is 18.8 Å². The molecule has 0 radical (unpaired) electrons. The van der Waals surface area contributed by atoms with Crippen molar-refractivity contribution in [3.63, 3.8) is 0 Å². The van der Waals surface area contributed by atoms with Crippen LogP contribution in [0.5, 0.6) is 5.75 Å². The number of carbonyl (C=O) groups excluding carboxylic acids is 3. The molecule has 0 atom stereocenters. The fraction of sp³-hybridized carbons (Fsp3) is 0.174. The van der Waals surface area contributed by atoms with Gasteiger partial charge in [-0.15, -0.1) is 0 Å². The summed E-state index contributed by atoms with van der Waals surface area (Å²) < 4.78 is 29.0. The molecule has 0 saturated heterocycles. The summed E-state index contributed by atoms with van der Waals surface area (Å²) in [4.78, 5) is 34.8. The summed E-state index contributed by atoms with van der Waals surface area (Å²) in [6.45, 7) is 9.72. The van der Waals surface area contributed by atoms with Crippen LogP contribution in [0.15, 0.2) is 66.8 Å². The Hall–Kier alpha value is -3.74. The van der Waals surface area contributed by atoms with Crippen molar-refractivity contribution >= 4 is 17.9 Å². The predicted octanol–water partition coefficient (Wildman–Crippen LogP) is 4.25. The van der Waals surface area contributed by atoms with Crippen LogP contribution < -0.4 is 4.74 Å². The third-order valence-electron chi connectivity index (χ3n) is 3.84. The summed E-state index contributed by atoms with van der Waals surface area (Å²) in [5.74, 6) is -2.74. The monoisotopic (exact) mass is 412 g/mol. The zero-order chi connectivity index (χ0) is 22.3. The highest BCUT2D eigenvalue weighted by Crippen LogP contribution is 2.26. The maximum Gasteiger partial charge on any atom is 0.338 e. The van der Waals surface area contributed by atoms with E-state index >= 15 is 0 Å². The zero-order valence-electron chi connectivity index (χ0n) is 16.7. The highest BCUT2D eigenvalue weighted by molar-refractivity contribution is 5.90. The number of carbonyl (C=O) groups is 3. The Labute approximate surface area is 173 Å². The van der Waals surface area contributed by atoms with Crippen molar-refractivity contribution in [1.29, 1.82) is 0 Å². The molecule has 30 heavy (non-hydrogen) atoms. The van der Waals surface area contributed by atoms with E-state index in [2.05, 4.69) is 13.2 Å². The molecule has 6 nitrogen and oxygen atoms in total. The molecule has 0 aliphatic carbocycles. The molecule has 0 fully saturated rings. The van der Waals surface area contributed by atoms with Crippen LogP contribution in [0, 0.1) is 5.82 Å². The second-order valence-corrected chi connectivity index (χ2v) is 6.44. The minimum atomic E-state index is -0.709. The van der Waals surface area contributed by atoms with Gasteiger partial charge >= 0.3 is 17.9 Å². The molecule has 0 aliphatic rings. The summed E-state index contributed by atoms with van der Waals surface area (Å²) in [6, 6.07) is 10.5. The zero-order valence-corrected chi connectivity index (χ0v) is 16.7. The molecule has 0 spiro atoms. The lowest BCUT2D eigenvalue weighted by molar-refractivity contribution is -0.140. The number of benzene rings is 2. The van der Waals surface area contributed by atoms with Gasteiger partial charge in [-0.25, -0.2) is 18.8 Å². The van der Waals surface area contributed by atoms with E-state index in [1.165, 1.54) is 38.1 Å². The minimum Gasteiger partial charge on any atom is -0.459 e. The summed E-state index contributed by atoms with van der Waals surface area (Å²) in [7, 11) is 0. The van der Waals surface area contributed by atoms with Crippen LogP contribution >= 0.6 is 0 Å². The van der Waals surface area contributed by atoms with Gasteiger partial charge in [0, 0.05) is 11.1 Å². The van der Waals surface area contributed by atoms with Crippen molar-refractivity contribution in [3.8, 4) is 16.9 Å². The average Bonchev–Trinajstić information content (AvgIpc) is 2.72. The third-order valence-corrected chi connectivity index (χ3v) is 3.84. The molecule has 2 aromatic rings.